The quantitative estimate of drug-likeness (QED) is 0.781. The Bertz CT molecular complexity index is 463. The molecule has 1 aromatic rings. The van der Waals surface area contributed by atoms with Gasteiger partial charge in [-0.25, -0.2) is 4.39 Å². The molecule has 1 fully saturated rings. The number of rotatable bonds is 1. The lowest BCUT2D eigenvalue weighted by atomic mass is 9.98. The highest BCUT2D eigenvalue weighted by Crippen LogP contribution is 2.28. The zero-order valence-electron chi connectivity index (χ0n) is 11.9. The Kier molecular flexibility index (Phi) is 3.39. The number of nitrogens with zero attached hydrogens (tertiary/aromatic N) is 1. The zero-order chi connectivity index (χ0) is 14.3. The number of amides is 1. The van der Waals surface area contributed by atoms with Crippen molar-refractivity contribution in [3.05, 3.63) is 35.6 Å². The highest BCUT2D eigenvalue weighted by Gasteiger charge is 2.40. The topological polar surface area (TPSA) is 29.5 Å². The zero-order valence-corrected chi connectivity index (χ0v) is 11.9. The van der Waals surface area contributed by atoms with Crippen LogP contribution >= 0.6 is 0 Å². The molecule has 0 bridgehead atoms. The van der Waals surface area contributed by atoms with Gasteiger partial charge in [-0.15, -0.1) is 0 Å². The highest BCUT2D eigenvalue weighted by molar-refractivity contribution is 5.94. The van der Waals surface area contributed by atoms with E-state index in [1.165, 1.54) is 24.3 Å². The molecule has 104 valence electrons. The lowest BCUT2D eigenvalue weighted by molar-refractivity contribution is -0.171. The molecule has 1 aliphatic rings. The molecule has 0 radical (unpaired) electrons. The van der Waals surface area contributed by atoms with Crippen LogP contribution < -0.4 is 0 Å². The summed E-state index contributed by atoms with van der Waals surface area (Å²) in [6.07, 6.45) is 0. The van der Waals surface area contributed by atoms with Crippen molar-refractivity contribution in [2.24, 2.45) is 0 Å². The van der Waals surface area contributed by atoms with Gasteiger partial charge in [0.1, 0.15) is 5.82 Å². The predicted octanol–water partition coefficient (Wildman–Crippen LogP) is 2.86. The summed E-state index contributed by atoms with van der Waals surface area (Å²) in [4.78, 5) is 14.2. The second-order valence-corrected chi connectivity index (χ2v) is 6.29. The van der Waals surface area contributed by atoms with E-state index in [1.807, 2.05) is 27.7 Å². The van der Waals surface area contributed by atoms with E-state index in [9.17, 15) is 9.18 Å². The average Bonchev–Trinajstić information content (AvgIpc) is 2.25. The minimum atomic E-state index is -0.378. The van der Waals surface area contributed by atoms with Crippen molar-refractivity contribution >= 4 is 5.91 Å². The number of morpholine rings is 1. The van der Waals surface area contributed by atoms with Crippen LogP contribution in [0.4, 0.5) is 4.39 Å². The number of hydrogen-bond donors (Lipinski definition) is 0. The van der Waals surface area contributed by atoms with E-state index in [0.717, 1.165) is 0 Å². The maximum atomic E-state index is 12.9. The molecule has 1 saturated heterocycles. The van der Waals surface area contributed by atoms with Gasteiger partial charge in [0, 0.05) is 18.7 Å². The van der Waals surface area contributed by atoms with Crippen LogP contribution in [0, 0.1) is 5.82 Å². The predicted molar refractivity (Wildman–Crippen MR) is 71.5 cm³/mol. The summed E-state index contributed by atoms with van der Waals surface area (Å²) in [6.45, 7) is 8.95. The molecule has 4 heteroatoms. The van der Waals surface area contributed by atoms with E-state index < -0.39 is 0 Å². The van der Waals surface area contributed by atoms with Crippen molar-refractivity contribution in [1.29, 1.82) is 0 Å². The molecule has 19 heavy (non-hydrogen) atoms. The molecule has 0 saturated carbocycles. The second-order valence-electron chi connectivity index (χ2n) is 6.29. The molecule has 0 aliphatic carbocycles. The van der Waals surface area contributed by atoms with Crippen molar-refractivity contribution in [1.82, 2.24) is 4.90 Å². The minimum absolute atomic E-state index is 0.0792. The Labute approximate surface area is 113 Å². The van der Waals surface area contributed by atoms with Crippen molar-refractivity contribution in [3.63, 3.8) is 0 Å². The van der Waals surface area contributed by atoms with Gasteiger partial charge in [-0.05, 0) is 52.0 Å². The molecule has 0 atom stereocenters. The molecule has 3 nitrogen and oxygen atoms in total. The number of carbonyl (C=O) groups excluding carboxylic acids is 1. The molecule has 1 aromatic carbocycles. The molecular formula is C15H20FNO2. The second kappa shape index (κ2) is 4.60. The third kappa shape index (κ3) is 3.32. The van der Waals surface area contributed by atoms with Gasteiger partial charge in [0.2, 0.25) is 0 Å². The number of benzene rings is 1. The van der Waals surface area contributed by atoms with Crippen LogP contribution in [0.2, 0.25) is 0 Å². The number of carbonyl (C=O) groups is 1. The Balaban J connectivity index is 2.21. The van der Waals surface area contributed by atoms with Crippen LogP contribution in [0.5, 0.6) is 0 Å². The SMILES string of the molecule is CC1(C)CN(C(=O)c2ccc(F)cc2)CC(C)(C)O1. The van der Waals surface area contributed by atoms with Gasteiger partial charge in [0.15, 0.2) is 0 Å². The third-order valence-corrected chi connectivity index (χ3v) is 3.07. The van der Waals surface area contributed by atoms with E-state index in [4.69, 9.17) is 4.74 Å². The Hall–Kier alpha value is -1.42. The van der Waals surface area contributed by atoms with E-state index in [1.54, 1.807) is 4.90 Å². The van der Waals surface area contributed by atoms with Crippen LogP contribution in [-0.4, -0.2) is 35.1 Å². The largest absolute Gasteiger partial charge is 0.366 e. The van der Waals surface area contributed by atoms with E-state index in [0.29, 0.717) is 18.7 Å². The summed E-state index contributed by atoms with van der Waals surface area (Å²) in [7, 11) is 0. The fraction of sp³-hybridized carbons (Fsp3) is 0.533. The standard InChI is InChI=1S/C15H20FNO2/c1-14(2)9-17(10-15(3,4)19-14)13(18)11-5-7-12(16)8-6-11/h5-8H,9-10H2,1-4H3. The minimum Gasteiger partial charge on any atom is -0.366 e. The van der Waals surface area contributed by atoms with Crippen molar-refractivity contribution in [3.8, 4) is 0 Å². The highest BCUT2D eigenvalue weighted by atomic mass is 19.1. The maximum absolute atomic E-state index is 12.9. The molecular weight excluding hydrogens is 245 g/mol. The summed E-state index contributed by atoms with van der Waals surface area (Å²) in [5, 5.41) is 0. The summed E-state index contributed by atoms with van der Waals surface area (Å²) < 4.78 is 18.8. The monoisotopic (exact) mass is 265 g/mol. The van der Waals surface area contributed by atoms with Gasteiger partial charge in [0.05, 0.1) is 11.2 Å². The normalized spacial score (nSPS) is 21.2. The fourth-order valence-electron chi connectivity index (χ4n) is 2.71. The molecule has 1 aliphatic heterocycles. The molecule has 0 aromatic heterocycles. The molecule has 0 N–H and O–H groups in total. The van der Waals surface area contributed by atoms with E-state index in [2.05, 4.69) is 0 Å². The van der Waals surface area contributed by atoms with E-state index >= 15 is 0 Å². The summed E-state index contributed by atoms with van der Waals surface area (Å²) in [5.41, 5.74) is -0.246. The Morgan fingerprint density at radius 1 is 1.11 bits per heavy atom. The van der Waals surface area contributed by atoms with Crippen molar-refractivity contribution < 1.29 is 13.9 Å². The van der Waals surface area contributed by atoms with Crippen molar-refractivity contribution in [2.75, 3.05) is 13.1 Å². The van der Waals surface area contributed by atoms with Gasteiger partial charge < -0.3 is 9.64 Å². The first-order valence-corrected chi connectivity index (χ1v) is 6.44. The van der Waals surface area contributed by atoms with Gasteiger partial charge in [-0.1, -0.05) is 0 Å². The van der Waals surface area contributed by atoms with Gasteiger partial charge in [0.25, 0.3) is 5.91 Å². The average molecular weight is 265 g/mol. The number of ether oxygens (including phenoxy) is 1. The summed E-state index contributed by atoms with van der Waals surface area (Å²) >= 11 is 0. The molecule has 2 rings (SSSR count). The van der Waals surface area contributed by atoms with Crippen molar-refractivity contribution in [2.45, 2.75) is 38.9 Å². The van der Waals surface area contributed by atoms with Crippen LogP contribution in [-0.2, 0) is 4.74 Å². The molecule has 0 spiro atoms. The molecule has 1 amide bonds. The first-order chi connectivity index (χ1) is 8.69. The van der Waals surface area contributed by atoms with Gasteiger partial charge in [-0.3, -0.25) is 4.79 Å². The maximum Gasteiger partial charge on any atom is 0.254 e. The fourth-order valence-corrected chi connectivity index (χ4v) is 2.71. The van der Waals surface area contributed by atoms with Crippen LogP contribution in [0.3, 0.4) is 0 Å². The lowest BCUT2D eigenvalue weighted by Crippen LogP contribution is -2.58. The third-order valence-electron chi connectivity index (χ3n) is 3.07. The smallest absolute Gasteiger partial charge is 0.254 e. The first-order valence-electron chi connectivity index (χ1n) is 6.44. The molecule has 1 heterocycles. The molecule has 0 unspecified atom stereocenters. The number of hydrogen-bond acceptors (Lipinski definition) is 2. The van der Waals surface area contributed by atoms with E-state index in [-0.39, 0.29) is 22.9 Å². The Morgan fingerprint density at radius 3 is 2.05 bits per heavy atom. The first kappa shape index (κ1) is 14.0. The van der Waals surface area contributed by atoms with Crippen LogP contribution in [0.1, 0.15) is 38.1 Å². The lowest BCUT2D eigenvalue weighted by Gasteiger charge is -2.47. The summed E-state index contributed by atoms with van der Waals surface area (Å²) in [6, 6.07) is 5.66. The van der Waals surface area contributed by atoms with Crippen LogP contribution in [0.15, 0.2) is 24.3 Å². The summed E-state index contributed by atoms with van der Waals surface area (Å²) in [5.74, 6) is -0.413. The Morgan fingerprint density at radius 2 is 1.58 bits per heavy atom. The van der Waals surface area contributed by atoms with Crippen LogP contribution in [0.25, 0.3) is 0 Å². The number of halogens is 1. The van der Waals surface area contributed by atoms with Gasteiger partial charge in [-0.2, -0.15) is 0 Å². The van der Waals surface area contributed by atoms with Gasteiger partial charge >= 0.3 is 0 Å².